The minimum atomic E-state index is -0.558. The van der Waals surface area contributed by atoms with Crippen molar-refractivity contribution in [2.24, 2.45) is 5.92 Å². The molecule has 1 aliphatic carbocycles. The van der Waals surface area contributed by atoms with Gasteiger partial charge >= 0.3 is 6.09 Å². The van der Waals surface area contributed by atoms with Gasteiger partial charge in [0.2, 0.25) is 5.95 Å². The summed E-state index contributed by atoms with van der Waals surface area (Å²) in [5.74, 6) is 1.84. The molecule has 0 radical (unpaired) electrons. The largest absolute Gasteiger partial charge is 0.491 e. The van der Waals surface area contributed by atoms with E-state index in [2.05, 4.69) is 40.5 Å². The number of alkyl carbamates (subject to hydrolysis) is 1. The molecule has 1 aromatic heterocycles. The Morgan fingerprint density at radius 1 is 1.18 bits per heavy atom. The summed E-state index contributed by atoms with van der Waals surface area (Å²) in [4.78, 5) is 21.4. The molecule has 3 rings (SSSR count). The Morgan fingerprint density at radius 2 is 1.91 bits per heavy atom. The Bertz CT molecular complexity index is 966. The topological polar surface area (TPSA) is 85.4 Å². The summed E-state index contributed by atoms with van der Waals surface area (Å²) < 4.78 is 11.7. The number of aromatic nitrogens is 2. The quantitative estimate of drug-likeness (QED) is 0.503. The lowest BCUT2D eigenvalue weighted by molar-refractivity contribution is 0.0408. The van der Waals surface area contributed by atoms with Crippen molar-refractivity contribution < 1.29 is 14.3 Å². The van der Waals surface area contributed by atoms with Gasteiger partial charge in [0, 0.05) is 17.8 Å². The highest BCUT2D eigenvalue weighted by molar-refractivity contribution is 5.68. The first-order valence-corrected chi connectivity index (χ1v) is 11.8. The van der Waals surface area contributed by atoms with E-state index in [0.29, 0.717) is 24.5 Å². The van der Waals surface area contributed by atoms with Gasteiger partial charge < -0.3 is 20.1 Å². The molecule has 0 spiro atoms. The molecule has 0 unspecified atom stereocenters. The van der Waals surface area contributed by atoms with Crippen molar-refractivity contribution in [1.82, 2.24) is 15.3 Å². The number of aryl methyl sites for hydroxylation is 1. The predicted molar refractivity (Wildman–Crippen MR) is 132 cm³/mol. The van der Waals surface area contributed by atoms with Gasteiger partial charge in [-0.25, -0.2) is 14.8 Å². The van der Waals surface area contributed by atoms with Crippen molar-refractivity contribution >= 4 is 12.0 Å². The van der Waals surface area contributed by atoms with Crippen LogP contribution in [0, 0.1) is 12.8 Å². The molecule has 0 saturated heterocycles. The van der Waals surface area contributed by atoms with E-state index in [4.69, 9.17) is 9.47 Å². The van der Waals surface area contributed by atoms with Gasteiger partial charge in [0.05, 0.1) is 11.2 Å². The lowest BCUT2D eigenvalue weighted by atomic mass is 9.91. The number of hydrogen-bond donors (Lipinski definition) is 2. The smallest absolute Gasteiger partial charge is 0.408 e. The summed E-state index contributed by atoms with van der Waals surface area (Å²) >= 11 is 0. The maximum absolute atomic E-state index is 12.4. The lowest BCUT2D eigenvalue weighted by Gasteiger charge is -2.33. The molecule has 180 valence electrons. The maximum atomic E-state index is 12.4. The van der Waals surface area contributed by atoms with Crippen LogP contribution in [0.4, 0.5) is 10.7 Å². The molecular weight excluding hydrogens is 416 g/mol. The Kier molecular flexibility index (Phi) is 7.50. The van der Waals surface area contributed by atoms with Crippen molar-refractivity contribution in [2.45, 2.75) is 84.9 Å². The number of carbonyl (C=O) groups is 1. The summed E-state index contributed by atoms with van der Waals surface area (Å²) in [5, 5.41) is 6.37. The average molecular weight is 455 g/mol. The third-order valence-corrected chi connectivity index (χ3v) is 5.24. The number of nitrogens with one attached hydrogen (secondary N) is 2. The zero-order valence-electron chi connectivity index (χ0n) is 21.0. The van der Waals surface area contributed by atoms with Crippen LogP contribution in [-0.2, 0) is 4.74 Å². The van der Waals surface area contributed by atoms with Crippen molar-refractivity contribution in [3.8, 4) is 17.0 Å². The van der Waals surface area contributed by atoms with Crippen LogP contribution in [-0.4, -0.2) is 39.8 Å². The number of carbonyl (C=O) groups excluding carboxylic acids is 1. The predicted octanol–water partition coefficient (Wildman–Crippen LogP) is 5.73. The van der Waals surface area contributed by atoms with Crippen molar-refractivity contribution in [2.75, 3.05) is 11.9 Å². The second kappa shape index (κ2) is 9.98. The molecule has 33 heavy (non-hydrogen) atoms. The van der Waals surface area contributed by atoms with Gasteiger partial charge in [-0.05, 0) is 89.6 Å². The molecule has 0 bridgehead atoms. The highest BCUT2D eigenvalue weighted by Crippen LogP contribution is 2.28. The second-order valence-electron chi connectivity index (χ2n) is 10.7. The van der Waals surface area contributed by atoms with Gasteiger partial charge in [0.1, 0.15) is 18.0 Å². The van der Waals surface area contributed by atoms with E-state index in [9.17, 15) is 4.79 Å². The van der Waals surface area contributed by atoms with Crippen molar-refractivity contribution in [1.29, 1.82) is 0 Å². The third kappa shape index (κ3) is 7.91. The average Bonchev–Trinajstić information content (AvgIpc) is 3.49. The van der Waals surface area contributed by atoms with E-state index >= 15 is 0 Å². The van der Waals surface area contributed by atoms with Gasteiger partial charge in [-0.3, -0.25) is 0 Å². The summed E-state index contributed by atoms with van der Waals surface area (Å²) in [5.41, 5.74) is 1.78. The van der Waals surface area contributed by atoms with Gasteiger partial charge in [0.15, 0.2) is 0 Å². The van der Waals surface area contributed by atoms with Gasteiger partial charge in [-0.2, -0.15) is 0 Å². The standard InChI is InChI=1S/C26H38N4O3/c1-17(2)15-26(7,30-24(31)33-25(4,5)6)16-32-22-11-8-19(14-18(22)3)21-12-13-27-23(29-21)28-20-9-10-20/h8,11-14,17,20H,9-10,15-16H2,1-7H3,(H,30,31)(H,27,28,29)/t26-/m0/s1. The number of ether oxygens (including phenoxy) is 2. The normalized spacial score (nSPS) is 15.6. The van der Waals surface area contributed by atoms with Gasteiger partial charge in [-0.15, -0.1) is 0 Å². The monoisotopic (exact) mass is 454 g/mol. The first-order chi connectivity index (χ1) is 15.4. The molecule has 1 heterocycles. The minimum Gasteiger partial charge on any atom is -0.491 e. The first kappa shape index (κ1) is 24.8. The van der Waals surface area contributed by atoms with E-state index in [1.54, 1.807) is 6.20 Å². The van der Waals surface area contributed by atoms with Gasteiger partial charge in [0.25, 0.3) is 0 Å². The third-order valence-electron chi connectivity index (χ3n) is 5.24. The number of anilines is 1. The summed E-state index contributed by atoms with van der Waals surface area (Å²) in [6.45, 7) is 14.2. The van der Waals surface area contributed by atoms with Crippen LogP contribution in [0.3, 0.4) is 0 Å². The van der Waals surface area contributed by atoms with Crippen LogP contribution in [0.25, 0.3) is 11.3 Å². The summed E-state index contributed by atoms with van der Waals surface area (Å²) in [7, 11) is 0. The van der Waals surface area contributed by atoms with E-state index in [0.717, 1.165) is 29.0 Å². The van der Waals surface area contributed by atoms with Crippen LogP contribution in [0.1, 0.15) is 66.4 Å². The minimum absolute atomic E-state index is 0.341. The maximum Gasteiger partial charge on any atom is 0.408 e. The molecule has 1 aromatic carbocycles. The molecule has 1 atom stereocenters. The molecule has 1 amide bonds. The number of hydrogen-bond acceptors (Lipinski definition) is 6. The molecule has 1 fully saturated rings. The fourth-order valence-electron chi connectivity index (χ4n) is 3.80. The molecule has 7 nitrogen and oxygen atoms in total. The summed E-state index contributed by atoms with van der Waals surface area (Å²) in [6.07, 6.45) is 4.47. The molecule has 1 aliphatic rings. The number of rotatable bonds is 9. The van der Waals surface area contributed by atoms with E-state index in [1.807, 2.05) is 52.8 Å². The first-order valence-electron chi connectivity index (χ1n) is 11.8. The Morgan fingerprint density at radius 3 is 2.52 bits per heavy atom. The highest BCUT2D eigenvalue weighted by atomic mass is 16.6. The number of nitrogens with zero attached hydrogens (tertiary/aromatic N) is 2. The number of amides is 1. The Balaban J connectivity index is 1.69. The zero-order valence-corrected chi connectivity index (χ0v) is 21.0. The fourth-order valence-corrected chi connectivity index (χ4v) is 3.80. The second-order valence-corrected chi connectivity index (χ2v) is 10.7. The van der Waals surface area contributed by atoms with E-state index < -0.39 is 17.2 Å². The SMILES string of the molecule is Cc1cc(-c2ccnc(NC3CC3)n2)ccc1OC[C@](C)(CC(C)C)NC(=O)OC(C)(C)C. The van der Waals surface area contributed by atoms with Crippen LogP contribution < -0.4 is 15.4 Å². The molecule has 2 aromatic rings. The van der Waals surface area contributed by atoms with Crippen LogP contribution in [0.5, 0.6) is 5.75 Å². The van der Waals surface area contributed by atoms with Crippen LogP contribution in [0.2, 0.25) is 0 Å². The molecule has 1 saturated carbocycles. The van der Waals surface area contributed by atoms with Crippen LogP contribution in [0.15, 0.2) is 30.5 Å². The van der Waals surface area contributed by atoms with Gasteiger partial charge in [-0.1, -0.05) is 13.8 Å². The van der Waals surface area contributed by atoms with Crippen molar-refractivity contribution in [3.63, 3.8) is 0 Å². The van der Waals surface area contributed by atoms with Crippen LogP contribution >= 0.6 is 0 Å². The fraction of sp³-hybridized carbons (Fsp3) is 0.577. The molecular formula is C26H38N4O3. The Labute approximate surface area is 197 Å². The summed E-state index contributed by atoms with van der Waals surface area (Å²) in [6, 6.07) is 8.46. The van der Waals surface area contributed by atoms with Crippen molar-refractivity contribution in [3.05, 3.63) is 36.0 Å². The van der Waals surface area contributed by atoms with E-state index in [1.165, 1.54) is 12.8 Å². The number of benzene rings is 1. The Hall–Kier alpha value is -2.83. The highest BCUT2D eigenvalue weighted by Gasteiger charge is 2.31. The van der Waals surface area contributed by atoms with E-state index in [-0.39, 0.29) is 0 Å². The molecule has 0 aliphatic heterocycles. The molecule has 7 heteroatoms. The molecule has 2 N–H and O–H groups in total. The zero-order chi connectivity index (χ0) is 24.2. The lowest BCUT2D eigenvalue weighted by Crippen LogP contribution is -2.52.